The molecule has 8 rings (SSSR count). The van der Waals surface area contributed by atoms with Crippen LogP contribution in [0.3, 0.4) is 0 Å². The van der Waals surface area contributed by atoms with Crippen LogP contribution in [0.5, 0.6) is 0 Å². The average Bonchev–Trinajstić information content (AvgIpc) is 3.09. The molecule has 0 aliphatic carbocycles. The molecule has 0 spiro atoms. The summed E-state index contributed by atoms with van der Waals surface area (Å²) in [6.45, 7) is 0. The molecule has 0 saturated heterocycles. The number of hydrogen-bond acceptors (Lipinski definition) is 1. The van der Waals surface area contributed by atoms with E-state index in [4.69, 9.17) is 0 Å². The first-order valence-corrected chi connectivity index (χ1v) is 14.8. The fourth-order valence-electron chi connectivity index (χ4n) is 6.28. The smallest absolute Gasteiger partial charge is 0.0468 e. The lowest BCUT2D eigenvalue weighted by molar-refractivity contribution is 1.29. The third-order valence-electron chi connectivity index (χ3n) is 8.43. The first kappa shape index (κ1) is 25.1. The molecule has 8 aromatic carbocycles. The highest BCUT2D eigenvalue weighted by atomic mass is 15.1. The minimum Gasteiger partial charge on any atom is -0.310 e. The molecule has 8 aromatic rings. The lowest BCUT2D eigenvalue weighted by Crippen LogP contribution is -2.09. The highest BCUT2D eigenvalue weighted by molar-refractivity contribution is 6.13. The molecule has 0 unspecified atom stereocenters. The molecule has 202 valence electrons. The van der Waals surface area contributed by atoms with Crippen LogP contribution in [0.25, 0.3) is 54.6 Å². The highest BCUT2D eigenvalue weighted by Crippen LogP contribution is 2.40. The summed E-state index contributed by atoms with van der Waals surface area (Å²) < 4.78 is 0. The van der Waals surface area contributed by atoms with E-state index in [1.54, 1.807) is 0 Å². The molecule has 0 aliphatic rings. The quantitative estimate of drug-likeness (QED) is 0.194. The lowest BCUT2D eigenvalue weighted by Gasteiger charge is -2.26. The van der Waals surface area contributed by atoms with Crippen molar-refractivity contribution in [1.82, 2.24) is 0 Å². The summed E-state index contributed by atoms with van der Waals surface area (Å²) in [7, 11) is 0. The molecular formula is C42H29N. The average molecular weight is 548 g/mol. The summed E-state index contributed by atoms with van der Waals surface area (Å²) in [5.74, 6) is 0. The van der Waals surface area contributed by atoms with Crippen molar-refractivity contribution in [2.75, 3.05) is 4.90 Å². The number of benzene rings is 8. The molecule has 0 aromatic heterocycles. The predicted molar refractivity (Wildman–Crippen MR) is 185 cm³/mol. The Hall–Kier alpha value is -5.66. The van der Waals surface area contributed by atoms with Crippen LogP contribution in [0.15, 0.2) is 176 Å². The van der Waals surface area contributed by atoms with Crippen LogP contribution >= 0.6 is 0 Å². The number of hydrogen-bond donors (Lipinski definition) is 0. The maximum atomic E-state index is 2.35. The van der Waals surface area contributed by atoms with Crippen LogP contribution in [-0.4, -0.2) is 0 Å². The van der Waals surface area contributed by atoms with Gasteiger partial charge in [0, 0.05) is 17.1 Å². The molecule has 0 aliphatic heterocycles. The van der Waals surface area contributed by atoms with Crippen molar-refractivity contribution in [3.63, 3.8) is 0 Å². The largest absolute Gasteiger partial charge is 0.310 e. The standard InChI is InChI=1S/C42H29N/c1-2-10-30(11-3-1)32-18-23-36(24-19-32)43(38-27-20-31-12-4-5-13-34(31)28-38)37-25-21-33(22-26-37)42-29-35-14-6-7-15-39(35)40-16-8-9-17-41(40)42/h1-29H. The Morgan fingerprint density at radius 3 is 1.51 bits per heavy atom. The Morgan fingerprint density at radius 2 is 0.791 bits per heavy atom. The Balaban J connectivity index is 1.24. The Morgan fingerprint density at radius 1 is 0.279 bits per heavy atom. The van der Waals surface area contributed by atoms with E-state index >= 15 is 0 Å². The maximum Gasteiger partial charge on any atom is 0.0468 e. The van der Waals surface area contributed by atoms with Crippen molar-refractivity contribution < 1.29 is 0 Å². The first-order chi connectivity index (χ1) is 21.3. The Kier molecular flexibility index (Phi) is 6.20. The second kappa shape index (κ2) is 10.6. The summed E-state index contributed by atoms with van der Waals surface area (Å²) in [6.07, 6.45) is 0. The summed E-state index contributed by atoms with van der Waals surface area (Å²) in [6, 6.07) is 63.5. The van der Waals surface area contributed by atoms with Crippen LogP contribution in [-0.2, 0) is 0 Å². The number of rotatable bonds is 5. The van der Waals surface area contributed by atoms with Crippen molar-refractivity contribution >= 4 is 49.4 Å². The van der Waals surface area contributed by atoms with Gasteiger partial charge >= 0.3 is 0 Å². The summed E-state index contributed by atoms with van der Waals surface area (Å²) in [5.41, 5.74) is 8.28. The zero-order chi connectivity index (χ0) is 28.6. The van der Waals surface area contributed by atoms with Gasteiger partial charge in [0.15, 0.2) is 0 Å². The second-order valence-electron chi connectivity index (χ2n) is 11.0. The topological polar surface area (TPSA) is 3.24 Å². The monoisotopic (exact) mass is 547 g/mol. The molecule has 0 bridgehead atoms. The van der Waals surface area contributed by atoms with Gasteiger partial charge in [-0.3, -0.25) is 0 Å². The minimum atomic E-state index is 1.12. The molecule has 0 saturated carbocycles. The molecule has 1 heteroatoms. The van der Waals surface area contributed by atoms with E-state index in [1.807, 2.05) is 0 Å². The Labute approximate surface area is 251 Å². The van der Waals surface area contributed by atoms with E-state index in [2.05, 4.69) is 181 Å². The van der Waals surface area contributed by atoms with E-state index < -0.39 is 0 Å². The Bertz CT molecular complexity index is 2210. The van der Waals surface area contributed by atoms with Gasteiger partial charge in [-0.05, 0) is 97.0 Å². The summed E-state index contributed by atoms with van der Waals surface area (Å²) >= 11 is 0. The first-order valence-electron chi connectivity index (χ1n) is 14.8. The molecular weight excluding hydrogens is 518 g/mol. The van der Waals surface area contributed by atoms with Gasteiger partial charge in [-0.1, -0.05) is 133 Å². The van der Waals surface area contributed by atoms with Gasteiger partial charge in [0.1, 0.15) is 0 Å². The van der Waals surface area contributed by atoms with Crippen molar-refractivity contribution in [3.05, 3.63) is 176 Å². The molecule has 0 radical (unpaired) electrons. The fourth-order valence-corrected chi connectivity index (χ4v) is 6.28. The van der Waals surface area contributed by atoms with E-state index in [0.29, 0.717) is 0 Å². The second-order valence-corrected chi connectivity index (χ2v) is 11.0. The van der Waals surface area contributed by atoms with Crippen LogP contribution < -0.4 is 4.90 Å². The van der Waals surface area contributed by atoms with Crippen LogP contribution in [0.4, 0.5) is 17.1 Å². The van der Waals surface area contributed by atoms with Crippen molar-refractivity contribution in [2.24, 2.45) is 0 Å². The van der Waals surface area contributed by atoms with Gasteiger partial charge in [0.2, 0.25) is 0 Å². The molecule has 0 N–H and O–H groups in total. The molecule has 43 heavy (non-hydrogen) atoms. The third-order valence-corrected chi connectivity index (χ3v) is 8.43. The molecule has 0 heterocycles. The van der Waals surface area contributed by atoms with Crippen LogP contribution in [0.1, 0.15) is 0 Å². The maximum absolute atomic E-state index is 2.35. The normalized spacial score (nSPS) is 11.3. The van der Waals surface area contributed by atoms with Crippen LogP contribution in [0, 0.1) is 0 Å². The number of anilines is 3. The van der Waals surface area contributed by atoms with Gasteiger partial charge in [-0.15, -0.1) is 0 Å². The molecule has 0 atom stereocenters. The SMILES string of the molecule is c1ccc(-c2ccc(N(c3ccc(-c4cc5ccccc5c5ccccc45)cc3)c3ccc4ccccc4c3)cc2)cc1. The van der Waals surface area contributed by atoms with Crippen LogP contribution in [0.2, 0.25) is 0 Å². The number of nitrogens with zero attached hydrogens (tertiary/aromatic N) is 1. The third kappa shape index (κ3) is 4.62. The van der Waals surface area contributed by atoms with Crippen molar-refractivity contribution in [2.45, 2.75) is 0 Å². The van der Waals surface area contributed by atoms with Gasteiger partial charge in [0.05, 0.1) is 0 Å². The zero-order valence-corrected chi connectivity index (χ0v) is 23.7. The van der Waals surface area contributed by atoms with Gasteiger partial charge in [-0.25, -0.2) is 0 Å². The summed E-state index contributed by atoms with van der Waals surface area (Å²) in [5, 5.41) is 7.58. The van der Waals surface area contributed by atoms with E-state index in [1.165, 1.54) is 54.6 Å². The fraction of sp³-hybridized carbons (Fsp3) is 0. The van der Waals surface area contributed by atoms with Crippen molar-refractivity contribution in [3.8, 4) is 22.3 Å². The minimum absolute atomic E-state index is 1.12. The number of fused-ring (bicyclic) bond motifs is 4. The van der Waals surface area contributed by atoms with E-state index in [0.717, 1.165) is 17.1 Å². The van der Waals surface area contributed by atoms with E-state index in [9.17, 15) is 0 Å². The van der Waals surface area contributed by atoms with Crippen molar-refractivity contribution in [1.29, 1.82) is 0 Å². The molecule has 1 nitrogen and oxygen atoms in total. The summed E-state index contributed by atoms with van der Waals surface area (Å²) in [4.78, 5) is 2.35. The molecule has 0 fully saturated rings. The van der Waals surface area contributed by atoms with Gasteiger partial charge in [-0.2, -0.15) is 0 Å². The highest BCUT2D eigenvalue weighted by Gasteiger charge is 2.15. The van der Waals surface area contributed by atoms with E-state index in [-0.39, 0.29) is 0 Å². The lowest BCUT2D eigenvalue weighted by atomic mass is 9.93. The van der Waals surface area contributed by atoms with Gasteiger partial charge < -0.3 is 4.90 Å². The molecule has 0 amide bonds. The van der Waals surface area contributed by atoms with Gasteiger partial charge in [0.25, 0.3) is 0 Å². The predicted octanol–water partition coefficient (Wildman–Crippen LogP) is 11.9. The zero-order valence-electron chi connectivity index (χ0n) is 23.7.